The summed E-state index contributed by atoms with van der Waals surface area (Å²) in [5.41, 5.74) is 1.33. The van der Waals surface area contributed by atoms with Crippen molar-refractivity contribution < 1.29 is 9.59 Å². The number of rotatable bonds is 1. The van der Waals surface area contributed by atoms with Crippen molar-refractivity contribution in [1.82, 2.24) is 4.90 Å². The van der Waals surface area contributed by atoms with Gasteiger partial charge in [-0.2, -0.15) is 0 Å². The van der Waals surface area contributed by atoms with Crippen LogP contribution in [0.25, 0.3) is 0 Å². The van der Waals surface area contributed by atoms with Crippen LogP contribution in [0.15, 0.2) is 11.4 Å². The molecule has 4 rings (SSSR count). The minimum absolute atomic E-state index is 0.0955. The molecule has 1 aromatic heterocycles. The van der Waals surface area contributed by atoms with E-state index in [9.17, 15) is 9.59 Å². The smallest absolute Gasteiger partial charge is 0.226 e. The highest BCUT2D eigenvalue weighted by Gasteiger charge is 2.42. The van der Waals surface area contributed by atoms with Crippen LogP contribution in [0.2, 0.25) is 0 Å². The summed E-state index contributed by atoms with van der Waals surface area (Å²) in [6, 6.07) is 2.15. The molecule has 2 atom stereocenters. The number of carbonyl (C=O) groups excluding carboxylic acids is 2. The third kappa shape index (κ3) is 2.33. The van der Waals surface area contributed by atoms with Crippen molar-refractivity contribution in [2.45, 2.75) is 45.1 Å². The predicted octanol–water partition coefficient (Wildman–Crippen LogP) is 3.03. The van der Waals surface area contributed by atoms with E-state index in [1.54, 1.807) is 11.3 Å². The maximum absolute atomic E-state index is 12.8. The van der Waals surface area contributed by atoms with Gasteiger partial charge in [0.15, 0.2) is 0 Å². The van der Waals surface area contributed by atoms with Gasteiger partial charge in [0.1, 0.15) is 5.78 Å². The third-order valence-corrected chi connectivity index (χ3v) is 6.54. The fraction of sp³-hybridized carbons (Fsp3) is 0.647. The van der Waals surface area contributed by atoms with Gasteiger partial charge in [0.2, 0.25) is 5.91 Å². The van der Waals surface area contributed by atoms with Crippen LogP contribution in [0, 0.1) is 17.8 Å². The molecule has 3 aliphatic rings. The number of Topliss-reactive ketones (excluding diaryl/α,β-unsaturated/α-hetero) is 1. The summed E-state index contributed by atoms with van der Waals surface area (Å²) in [6.07, 6.45) is 5.80. The second-order valence-corrected chi connectivity index (χ2v) is 7.77. The van der Waals surface area contributed by atoms with Gasteiger partial charge in [-0.3, -0.25) is 9.59 Å². The monoisotopic (exact) mass is 303 g/mol. The summed E-state index contributed by atoms with van der Waals surface area (Å²) in [4.78, 5) is 28.5. The fourth-order valence-corrected chi connectivity index (χ4v) is 5.27. The van der Waals surface area contributed by atoms with E-state index in [0.717, 1.165) is 45.2 Å². The Labute approximate surface area is 129 Å². The molecule has 2 bridgehead atoms. The van der Waals surface area contributed by atoms with E-state index in [0.29, 0.717) is 11.7 Å². The zero-order chi connectivity index (χ0) is 14.4. The number of amides is 1. The van der Waals surface area contributed by atoms with Crippen molar-refractivity contribution in [1.29, 1.82) is 0 Å². The summed E-state index contributed by atoms with van der Waals surface area (Å²) in [6.45, 7) is 1.63. The first-order chi connectivity index (χ1) is 10.2. The van der Waals surface area contributed by atoms with Gasteiger partial charge in [-0.05, 0) is 49.1 Å². The third-order valence-electron chi connectivity index (χ3n) is 5.52. The second-order valence-electron chi connectivity index (χ2n) is 6.77. The van der Waals surface area contributed by atoms with Crippen molar-refractivity contribution in [2.75, 3.05) is 6.54 Å². The zero-order valence-electron chi connectivity index (χ0n) is 12.2. The molecule has 2 unspecified atom stereocenters. The van der Waals surface area contributed by atoms with Crippen LogP contribution in [0.3, 0.4) is 0 Å². The van der Waals surface area contributed by atoms with Crippen molar-refractivity contribution in [2.24, 2.45) is 17.8 Å². The van der Waals surface area contributed by atoms with Crippen LogP contribution < -0.4 is 0 Å². The summed E-state index contributed by atoms with van der Waals surface area (Å²) in [5, 5.41) is 2.13. The van der Waals surface area contributed by atoms with E-state index in [1.807, 2.05) is 4.90 Å². The highest BCUT2D eigenvalue weighted by atomic mass is 32.1. The van der Waals surface area contributed by atoms with E-state index in [1.165, 1.54) is 16.9 Å². The van der Waals surface area contributed by atoms with Gasteiger partial charge in [0.25, 0.3) is 0 Å². The molecule has 0 N–H and O–H groups in total. The second kappa shape index (κ2) is 5.24. The maximum Gasteiger partial charge on any atom is 0.226 e. The molecule has 0 spiro atoms. The Morgan fingerprint density at radius 3 is 2.76 bits per heavy atom. The molecule has 21 heavy (non-hydrogen) atoms. The standard InChI is InChI=1S/C17H21NO2S/c19-16-11-2-1-3-12(16)9-14(8-11)17(20)18-6-4-15-13(10-18)5-7-21-15/h5,7,11-12,14H,1-4,6,8-10H2. The minimum Gasteiger partial charge on any atom is -0.338 e. The van der Waals surface area contributed by atoms with Crippen LogP contribution in [0.1, 0.15) is 42.5 Å². The Morgan fingerprint density at radius 1 is 1.24 bits per heavy atom. The molecular formula is C17H21NO2S. The molecule has 2 fully saturated rings. The number of ketones is 1. The van der Waals surface area contributed by atoms with Gasteiger partial charge in [-0.25, -0.2) is 0 Å². The summed E-state index contributed by atoms with van der Waals surface area (Å²) >= 11 is 1.81. The van der Waals surface area contributed by atoms with Gasteiger partial charge in [0, 0.05) is 35.7 Å². The lowest BCUT2D eigenvalue weighted by Crippen LogP contribution is -2.45. The maximum atomic E-state index is 12.8. The zero-order valence-corrected chi connectivity index (χ0v) is 13.0. The molecule has 0 aromatic carbocycles. The molecule has 0 saturated heterocycles. The van der Waals surface area contributed by atoms with E-state index in [-0.39, 0.29) is 17.8 Å². The molecule has 4 heteroatoms. The van der Waals surface area contributed by atoms with E-state index >= 15 is 0 Å². The van der Waals surface area contributed by atoms with Crippen molar-refractivity contribution in [3.05, 3.63) is 21.9 Å². The van der Waals surface area contributed by atoms with Crippen molar-refractivity contribution >= 4 is 23.0 Å². The largest absolute Gasteiger partial charge is 0.338 e. The number of hydrogen-bond acceptors (Lipinski definition) is 3. The Balaban J connectivity index is 1.47. The normalized spacial score (nSPS) is 31.9. The number of carbonyl (C=O) groups is 2. The van der Waals surface area contributed by atoms with E-state index in [4.69, 9.17) is 0 Å². The number of thiophene rings is 1. The van der Waals surface area contributed by atoms with E-state index < -0.39 is 0 Å². The molecule has 1 amide bonds. The number of nitrogens with zero attached hydrogens (tertiary/aromatic N) is 1. The molecule has 1 aliphatic heterocycles. The average molecular weight is 303 g/mol. The van der Waals surface area contributed by atoms with Crippen molar-refractivity contribution in [3.8, 4) is 0 Å². The van der Waals surface area contributed by atoms with Gasteiger partial charge in [-0.15, -0.1) is 11.3 Å². The van der Waals surface area contributed by atoms with E-state index in [2.05, 4.69) is 11.4 Å². The molecule has 2 heterocycles. The lowest BCUT2D eigenvalue weighted by molar-refractivity contribution is -0.143. The lowest BCUT2D eigenvalue weighted by atomic mass is 9.67. The number of fused-ring (bicyclic) bond motifs is 3. The predicted molar refractivity (Wildman–Crippen MR) is 82.0 cm³/mol. The summed E-state index contributed by atoms with van der Waals surface area (Å²) in [7, 11) is 0. The Kier molecular flexibility index (Phi) is 3.37. The Bertz CT molecular complexity index is 563. The van der Waals surface area contributed by atoms with Gasteiger partial charge in [0.05, 0.1) is 0 Å². The molecule has 3 nitrogen and oxygen atoms in total. The molecule has 0 radical (unpaired) electrons. The van der Waals surface area contributed by atoms with Crippen LogP contribution in [0.5, 0.6) is 0 Å². The quantitative estimate of drug-likeness (QED) is 0.799. The van der Waals surface area contributed by atoms with Gasteiger partial charge in [-0.1, -0.05) is 6.42 Å². The first-order valence-corrected chi connectivity index (χ1v) is 8.98. The van der Waals surface area contributed by atoms with Crippen LogP contribution in [0.4, 0.5) is 0 Å². The average Bonchev–Trinajstić information content (AvgIpc) is 2.93. The van der Waals surface area contributed by atoms with Crippen molar-refractivity contribution in [3.63, 3.8) is 0 Å². The van der Waals surface area contributed by atoms with Crippen LogP contribution >= 0.6 is 11.3 Å². The first kappa shape index (κ1) is 13.5. The summed E-state index contributed by atoms with van der Waals surface area (Å²) in [5.74, 6) is 1.19. The lowest BCUT2D eigenvalue weighted by Gasteiger charge is -2.39. The highest BCUT2D eigenvalue weighted by Crippen LogP contribution is 2.41. The highest BCUT2D eigenvalue weighted by molar-refractivity contribution is 7.10. The Hall–Kier alpha value is -1.16. The topological polar surface area (TPSA) is 37.4 Å². The molecule has 2 aliphatic carbocycles. The molecule has 1 aromatic rings. The Morgan fingerprint density at radius 2 is 2.00 bits per heavy atom. The van der Waals surface area contributed by atoms with Gasteiger partial charge < -0.3 is 4.90 Å². The molecule has 2 saturated carbocycles. The molecule has 112 valence electrons. The van der Waals surface area contributed by atoms with Crippen LogP contribution in [-0.2, 0) is 22.6 Å². The van der Waals surface area contributed by atoms with Gasteiger partial charge >= 0.3 is 0 Å². The number of hydrogen-bond donors (Lipinski definition) is 0. The first-order valence-electron chi connectivity index (χ1n) is 8.10. The minimum atomic E-state index is 0.0955. The summed E-state index contributed by atoms with van der Waals surface area (Å²) < 4.78 is 0. The van der Waals surface area contributed by atoms with Crippen LogP contribution in [-0.4, -0.2) is 23.1 Å². The SMILES string of the molecule is O=C1C2CCCC1CC(C(=O)N1CCc3sccc3C1)C2. The fourth-order valence-electron chi connectivity index (χ4n) is 4.38. The molecular weight excluding hydrogens is 282 g/mol.